The summed E-state index contributed by atoms with van der Waals surface area (Å²) in [6.07, 6.45) is -0.639. The minimum Gasteiger partial charge on any atom is -0.445 e. The van der Waals surface area contributed by atoms with Crippen LogP contribution in [0.15, 0.2) is 6.20 Å². The van der Waals surface area contributed by atoms with Crippen molar-refractivity contribution in [3.05, 3.63) is 22.1 Å². The van der Waals surface area contributed by atoms with Crippen molar-refractivity contribution in [2.24, 2.45) is 0 Å². The van der Waals surface area contributed by atoms with Gasteiger partial charge in [0.1, 0.15) is 25.5 Å². The van der Waals surface area contributed by atoms with Crippen molar-refractivity contribution in [1.82, 2.24) is 20.2 Å². The van der Waals surface area contributed by atoms with E-state index in [0.29, 0.717) is 5.82 Å². The Labute approximate surface area is 153 Å². The lowest BCUT2D eigenvalue weighted by Gasteiger charge is -2.27. The van der Waals surface area contributed by atoms with E-state index in [4.69, 9.17) is 39.5 Å². The van der Waals surface area contributed by atoms with E-state index in [9.17, 15) is 14.9 Å². The summed E-state index contributed by atoms with van der Waals surface area (Å²) < 4.78 is 4.53. The molecule has 0 bridgehead atoms. The number of rotatable bonds is 7. The molecule has 1 aromatic heterocycles. The Morgan fingerprint density at radius 3 is 2.62 bits per heavy atom. The predicted octanol–water partition coefficient (Wildman–Crippen LogP) is 2.52. The van der Waals surface area contributed by atoms with Crippen LogP contribution in [0, 0.1) is 17.0 Å². The second-order valence-electron chi connectivity index (χ2n) is 5.15. The zero-order valence-electron chi connectivity index (χ0n) is 13.3. The number of carbonyl (C=O) groups excluding carboxylic acids is 1. The second-order valence-corrected chi connectivity index (χ2v) is 7.52. The molecule has 1 aromatic rings. The van der Waals surface area contributed by atoms with Crippen LogP contribution in [0.2, 0.25) is 0 Å². The molecule has 136 valence electrons. The molecule has 0 saturated heterocycles. The Kier molecular flexibility index (Phi) is 7.53. The van der Waals surface area contributed by atoms with Gasteiger partial charge in [-0.3, -0.25) is 5.32 Å². The summed E-state index contributed by atoms with van der Waals surface area (Å²) in [4.78, 5) is 26.0. The molecule has 0 saturated carbocycles. The average Bonchev–Trinajstić information content (AvgIpc) is 2.78. The Hall–Kier alpha value is -1.29. The number of imidazole rings is 1. The molecule has 0 aromatic carbocycles. The quantitative estimate of drug-likeness (QED) is 0.314. The van der Waals surface area contributed by atoms with Crippen LogP contribution in [-0.4, -0.2) is 43.2 Å². The van der Waals surface area contributed by atoms with Gasteiger partial charge < -0.3 is 20.2 Å². The maximum Gasteiger partial charge on any atom is 0.408 e. The first-order valence-corrected chi connectivity index (χ1v) is 8.08. The molecule has 0 aliphatic carbocycles. The Balaban J connectivity index is 2.57. The molecule has 12 heteroatoms. The van der Waals surface area contributed by atoms with E-state index in [1.165, 1.54) is 4.57 Å². The SMILES string of the molecule is Cc1ncc([N+](=O)[O-])n1CCOC(=O)NC(NC(C)C)C(Cl)(Cl)Cl. The number of halogens is 3. The van der Waals surface area contributed by atoms with Crippen molar-refractivity contribution >= 4 is 46.7 Å². The molecule has 24 heavy (non-hydrogen) atoms. The fraction of sp³-hybridized carbons (Fsp3) is 0.667. The molecule has 0 spiro atoms. The van der Waals surface area contributed by atoms with Gasteiger partial charge in [-0.2, -0.15) is 0 Å². The van der Waals surface area contributed by atoms with Crippen LogP contribution in [0.5, 0.6) is 0 Å². The third-order valence-electron chi connectivity index (χ3n) is 2.86. The minimum atomic E-state index is -1.77. The standard InChI is InChI=1S/C12H18Cl3N5O4/c1-7(2)17-10(12(13,14)15)18-11(21)24-5-4-19-8(3)16-6-9(19)20(22)23/h6-7,10,17H,4-5H2,1-3H3,(H,18,21). The Morgan fingerprint density at radius 1 is 1.50 bits per heavy atom. The van der Waals surface area contributed by atoms with Gasteiger partial charge in [0.15, 0.2) is 5.82 Å². The lowest BCUT2D eigenvalue weighted by Crippen LogP contribution is -2.55. The molecule has 0 aliphatic rings. The molecule has 1 amide bonds. The maximum atomic E-state index is 11.8. The first-order chi connectivity index (χ1) is 11.0. The van der Waals surface area contributed by atoms with Crippen LogP contribution < -0.4 is 10.6 Å². The zero-order valence-corrected chi connectivity index (χ0v) is 15.5. The highest BCUT2D eigenvalue weighted by atomic mass is 35.6. The van der Waals surface area contributed by atoms with Crippen LogP contribution in [0.25, 0.3) is 0 Å². The van der Waals surface area contributed by atoms with E-state index in [0.717, 1.165) is 6.20 Å². The van der Waals surface area contributed by atoms with Gasteiger partial charge in [0.2, 0.25) is 3.79 Å². The summed E-state index contributed by atoms with van der Waals surface area (Å²) >= 11 is 17.4. The van der Waals surface area contributed by atoms with E-state index in [1.54, 1.807) is 6.92 Å². The van der Waals surface area contributed by atoms with Crippen molar-refractivity contribution < 1.29 is 14.5 Å². The highest BCUT2D eigenvalue weighted by molar-refractivity contribution is 6.68. The lowest BCUT2D eigenvalue weighted by atomic mass is 10.3. The molecule has 1 heterocycles. The summed E-state index contributed by atoms with van der Waals surface area (Å²) in [5.74, 6) is 0.253. The number of carbonyl (C=O) groups is 1. The molecular formula is C12H18Cl3N5O4. The summed E-state index contributed by atoms with van der Waals surface area (Å²) in [5, 5.41) is 16.1. The number of aromatic nitrogens is 2. The fourth-order valence-electron chi connectivity index (χ4n) is 1.82. The number of alkyl halides is 3. The normalized spacial score (nSPS) is 13.0. The molecule has 1 rings (SSSR count). The van der Waals surface area contributed by atoms with Gasteiger partial charge in [-0.05, 0) is 18.8 Å². The van der Waals surface area contributed by atoms with Gasteiger partial charge in [-0.25, -0.2) is 14.3 Å². The van der Waals surface area contributed by atoms with Gasteiger partial charge in [-0.1, -0.05) is 34.8 Å². The van der Waals surface area contributed by atoms with Gasteiger partial charge in [-0.15, -0.1) is 0 Å². The average molecular weight is 403 g/mol. The molecule has 0 radical (unpaired) electrons. The fourth-order valence-corrected chi connectivity index (χ4v) is 2.17. The van der Waals surface area contributed by atoms with E-state index in [2.05, 4.69) is 15.6 Å². The molecule has 9 nitrogen and oxygen atoms in total. The highest BCUT2D eigenvalue weighted by Crippen LogP contribution is 2.29. The van der Waals surface area contributed by atoms with E-state index >= 15 is 0 Å². The lowest BCUT2D eigenvalue weighted by molar-refractivity contribution is -0.392. The molecule has 1 unspecified atom stereocenters. The number of hydrogen-bond acceptors (Lipinski definition) is 6. The van der Waals surface area contributed by atoms with Crippen LogP contribution in [0.1, 0.15) is 19.7 Å². The smallest absolute Gasteiger partial charge is 0.408 e. The largest absolute Gasteiger partial charge is 0.445 e. The number of nitro groups is 1. The monoisotopic (exact) mass is 401 g/mol. The molecular weight excluding hydrogens is 385 g/mol. The van der Waals surface area contributed by atoms with E-state index in [-0.39, 0.29) is 25.0 Å². The van der Waals surface area contributed by atoms with Crippen LogP contribution in [0.3, 0.4) is 0 Å². The topological polar surface area (TPSA) is 111 Å². The maximum absolute atomic E-state index is 11.8. The van der Waals surface area contributed by atoms with Crippen LogP contribution in [0.4, 0.5) is 10.6 Å². The summed E-state index contributed by atoms with van der Waals surface area (Å²) in [6, 6.07) is -0.0535. The van der Waals surface area contributed by atoms with Crippen molar-refractivity contribution in [1.29, 1.82) is 0 Å². The first-order valence-electron chi connectivity index (χ1n) is 6.95. The van der Waals surface area contributed by atoms with Crippen molar-refractivity contribution in [3.8, 4) is 0 Å². The third kappa shape index (κ3) is 6.31. The molecule has 1 atom stereocenters. The summed E-state index contributed by atoms with van der Waals surface area (Å²) in [6.45, 7) is 5.21. The Bertz CT molecular complexity index is 588. The number of alkyl carbamates (subject to hydrolysis) is 1. The summed E-state index contributed by atoms with van der Waals surface area (Å²) in [5.41, 5.74) is 0. The molecule has 0 aliphatic heterocycles. The number of ether oxygens (including phenoxy) is 1. The van der Waals surface area contributed by atoms with Crippen LogP contribution >= 0.6 is 34.8 Å². The van der Waals surface area contributed by atoms with Crippen molar-refractivity contribution in [2.75, 3.05) is 6.61 Å². The first kappa shape index (κ1) is 20.8. The van der Waals surface area contributed by atoms with Gasteiger partial charge in [0.25, 0.3) is 0 Å². The van der Waals surface area contributed by atoms with E-state index in [1.807, 2.05) is 13.8 Å². The highest BCUT2D eigenvalue weighted by Gasteiger charge is 2.34. The number of nitrogens with one attached hydrogen (secondary N) is 2. The predicted molar refractivity (Wildman–Crippen MR) is 90.5 cm³/mol. The van der Waals surface area contributed by atoms with Gasteiger partial charge >= 0.3 is 11.9 Å². The zero-order chi connectivity index (χ0) is 18.5. The van der Waals surface area contributed by atoms with Gasteiger partial charge in [0.05, 0.1) is 0 Å². The summed E-state index contributed by atoms with van der Waals surface area (Å²) in [7, 11) is 0. The molecule has 2 N–H and O–H groups in total. The second kappa shape index (κ2) is 8.70. The number of aryl methyl sites for hydroxylation is 1. The van der Waals surface area contributed by atoms with Gasteiger partial charge in [0, 0.05) is 13.0 Å². The number of nitrogens with zero attached hydrogens (tertiary/aromatic N) is 3. The number of amides is 1. The minimum absolute atomic E-state index is 0.0535. The molecule has 0 fully saturated rings. The van der Waals surface area contributed by atoms with Crippen molar-refractivity contribution in [2.45, 2.75) is 43.3 Å². The third-order valence-corrected chi connectivity index (χ3v) is 3.51. The van der Waals surface area contributed by atoms with E-state index < -0.39 is 21.0 Å². The number of hydrogen-bond donors (Lipinski definition) is 2. The van der Waals surface area contributed by atoms with Crippen molar-refractivity contribution in [3.63, 3.8) is 0 Å². The van der Waals surface area contributed by atoms with Crippen LogP contribution in [-0.2, 0) is 11.3 Å². The Morgan fingerprint density at radius 2 is 2.12 bits per heavy atom.